The first-order valence-corrected chi connectivity index (χ1v) is 6.73. The first kappa shape index (κ1) is 15.7. The maximum absolute atomic E-state index is 13.4. The molecule has 2 rings (SSSR count). The van der Waals surface area contributed by atoms with Crippen LogP contribution < -0.4 is 11.1 Å². The molecule has 1 aromatic rings. The number of nitrogens with zero attached hydrogens (tertiary/aromatic N) is 1. The van der Waals surface area contributed by atoms with Gasteiger partial charge in [0.05, 0.1) is 12.6 Å². The zero-order valence-electron chi connectivity index (χ0n) is 11.8. The molecule has 1 saturated heterocycles. The number of benzene rings is 1. The lowest BCUT2D eigenvalue weighted by molar-refractivity contribution is 0.159. The Hall–Kier alpha value is -1.73. The summed E-state index contributed by atoms with van der Waals surface area (Å²) in [5.41, 5.74) is 5.70. The Kier molecular flexibility index (Phi) is 5.08. The van der Waals surface area contributed by atoms with E-state index in [0.29, 0.717) is 31.8 Å². The van der Waals surface area contributed by atoms with Crippen LogP contribution in [-0.4, -0.2) is 50.3 Å². The molecular formula is C14H19F2N3O2. The summed E-state index contributed by atoms with van der Waals surface area (Å²) in [6.07, 6.45) is 0. The lowest BCUT2D eigenvalue weighted by atomic mass is 9.94. The minimum atomic E-state index is -0.643. The number of ether oxygens (including phenoxy) is 1. The van der Waals surface area contributed by atoms with Crippen molar-refractivity contribution in [1.29, 1.82) is 0 Å². The highest BCUT2D eigenvalue weighted by atomic mass is 19.1. The highest BCUT2D eigenvalue weighted by Crippen LogP contribution is 2.28. The summed E-state index contributed by atoms with van der Waals surface area (Å²) in [5, 5.41) is 2.65. The van der Waals surface area contributed by atoms with Gasteiger partial charge in [0.15, 0.2) is 0 Å². The number of hydrogen-bond acceptors (Lipinski definition) is 3. The number of carbonyl (C=O) groups is 1. The fourth-order valence-electron chi connectivity index (χ4n) is 2.74. The van der Waals surface area contributed by atoms with Gasteiger partial charge >= 0.3 is 6.03 Å². The van der Waals surface area contributed by atoms with Gasteiger partial charge in [-0.15, -0.1) is 0 Å². The van der Waals surface area contributed by atoms with Crippen molar-refractivity contribution in [2.75, 3.05) is 33.4 Å². The van der Waals surface area contributed by atoms with Crippen molar-refractivity contribution in [3.8, 4) is 0 Å². The lowest BCUT2D eigenvalue weighted by Gasteiger charge is -2.19. The van der Waals surface area contributed by atoms with Gasteiger partial charge in [0, 0.05) is 38.7 Å². The van der Waals surface area contributed by atoms with Gasteiger partial charge in [-0.3, -0.25) is 4.90 Å². The van der Waals surface area contributed by atoms with Gasteiger partial charge in [0.25, 0.3) is 0 Å². The summed E-state index contributed by atoms with van der Waals surface area (Å²) < 4.78 is 31.8. The number of likely N-dealkylation sites (tertiary alicyclic amines) is 1. The molecule has 7 heteroatoms. The maximum Gasteiger partial charge on any atom is 0.312 e. The SMILES string of the molecule is COCCN1C[C@@H](NC(N)=O)[C@H](c2cc(F)cc(F)c2)C1. The van der Waals surface area contributed by atoms with E-state index >= 15 is 0 Å². The van der Waals surface area contributed by atoms with Crippen molar-refractivity contribution in [1.82, 2.24) is 10.2 Å². The van der Waals surface area contributed by atoms with Crippen LogP contribution in [0.5, 0.6) is 0 Å². The molecule has 0 radical (unpaired) electrons. The van der Waals surface area contributed by atoms with E-state index in [4.69, 9.17) is 10.5 Å². The number of urea groups is 1. The number of carbonyl (C=O) groups excluding carboxylic acids is 1. The fourth-order valence-corrected chi connectivity index (χ4v) is 2.74. The van der Waals surface area contributed by atoms with E-state index in [-0.39, 0.29) is 12.0 Å². The molecule has 3 N–H and O–H groups in total. The van der Waals surface area contributed by atoms with E-state index in [2.05, 4.69) is 10.2 Å². The highest BCUT2D eigenvalue weighted by Gasteiger charge is 2.34. The normalized spacial score (nSPS) is 22.4. The molecule has 1 fully saturated rings. The second-order valence-electron chi connectivity index (χ2n) is 5.18. The van der Waals surface area contributed by atoms with E-state index in [9.17, 15) is 13.6 Å². The van der Waals surface area contributed by atoms with Crippen LogP contribution in [0.2, 0.25) is 0 Å². The van der Waals surface area contributed by atoms with Crippen molar-refractivity contribution in [2.45, 2.75) is 12.0 Å². The number of primary amides is 1. The van der Waals surface area contributed by atoms with Crippen LogP contribution in [0.25, 0.3) is 0 Å². The predicted octanol–water partition coefficient (Wildman–Crippen LogP) is 1.05. The molecule has 116 valence electrons. The van der Waals surface area contributed by atoms with E-state index in [1.165, 1.54) is 12.1 Å². The fraction of sp³-hybridized carbons (Fsp3) is 0.500. The number of rotatable bonds is 5. The first-order valence-electron chi connectivity index (χ1n) is 6.73. The molecule has 0 unspecified atom stereocenters. The van der Waals surface area contributed by atoms with Crippen LogP contribution in [-0.2, 0) is 4.74 Å². The van der Waals surface area contributed by atoms with E-state index in [1.807, 2.05) is 0 Å². The van der Waals surface area contributed by atoms with Gasteiger partial charge in [0.2, 0.25) is 0 Å². The molecule has 1 aliphatic rings. The third-order valence-electron chi connectivity index (χ3n) is 3.65. The van der Waals surface area contributed by atoms with Gasteiger partial charge in [-0.2, -0.15) is 0 Å². The van der Waals surface area contributed by atoms with Crippen LogP contribution in [0.4, 0.5) is 13.6 Å². The Balaban J connectivity index is 2.18. The number of methoxy groups -OCH3 is 1. The Labute approximate surface area is 122 Å². The number of nitrogens with one attached hydrogen (secondary N) is 1. The monoisotopic (exact) mass is 299 g/mol. The first-order chi connectivity index (χ1) is 9.99. The smallest absolute Gasteiger partial charge is 0.312 e. The molecule has 1 heterocycles. The van der Waals surface area contributed by atoms with Gasteiger partial charge in [-0.25, -0.2) is 13.6 Å². The quantitative estimate of drug-likeness (QED) is 0.854. The molecule has 0 bridgehead atoms. The highest BCUT2D eigenvalue weighted by molar-refractivity contribution is 5.72. The molecule has 2 amide bonds. The average Bonchev–Trinajstić information content (AvgIpc) is 2.77. The van der Waals surface area contributed by atoms with Crippen molar-refractivity contribution in [3.05, 3.63) is 35.4 Å². The van der Waals surface area contributed by atoms with Gasteiger partial charge < -0.3 is 15.8 Å². The number of halogens is 2. The Morgan fingerprint density at radius 3 is 2.62 bits per heavy atom. The number of nitrogens with two attached hydrogens (primary N) is 1. The van der Waals surface area contributed by atoms with Crippen molar-refractivity contribution >= 4 is 6.03 Å². The third kappa shape index (κ3) is 4.12. The number of amides is 2. The summed E-state index contributed by atoms with van der Waals surface area (Å²) in [6, 6.07) is 2.50. The van der Waals surface area contributed by atoms with Crippen LogP contribution in [0.1, 0.15) is 11.5 Å². The van der Waals surface area contributed by atoms with Crippen molar-refractivity contribution in [2.24, 2.45) is 5.73 Å². The van der Waals surface area contributed by atoms with Crippen LogP contribution in [0.3, 0.4) is 0 Å². The number of hydrogen-bond donors (Lipinski definition) is 2. The maximum atomic E-state index is 13.4. The molecule has 21 heavy (non-hydrogen) atoms. The predicted molar refractivity (Wildman–Crippen MR) is 73.9 cm³/mol. The molecule has 0 saturated carbocycles. The molecule has 1 aliphatic heterocycles. The Morgan fingerprint density at radius 1 is 1.38 bits per heavy atom. The Bertz CT molecular complexity index is 493. The van der Waals surface area contributed by atoms with Crippen LogP contribution in [0, 0.1) is 11.6 Å². The van der Waals surface area contributed by atoms with E-state index in [0.717, 1.165) is 6.07 Å². The van der Waals surface area contributed by atoms with Crippen molar-refractivity contribution in [3.63, 3.8) is 0 Å². The third-order valence-corrected chi connectivity index (χ3v) is 3.65. The van der Waals surface area contributed by atoms with E-state index in [1.54, 1.807) is 7.11 Å². The molecule has 0 aromatic heterocycles. The molecule has 5 nitrogen and oxygen atoms in total. The molecule has 2 atom stereocenters. The Morgan fingerprint density at radius 2 is 2.05 bits per heavy atom. The zero-order chi connectivity index (χ0) is 15.4. The average molecular weight is 299 g/mol. The summed E-state index contributed by atoms with van der Waals surface area (Å²) in [4.78, 5) is 13.2. The molecule has 0 spiro atoms. The minimum Gasteiger partial charge on any atom is -0.383 e. The largest absolute Gasteiger partial charge is 0.383 e. The second kappa shape index (κ2) is 6.82. The molecule has 0 aliphatic carbocycles. The summed E-state index contributed by atoms with van der Waals surface area (Å²) in [7, 11) is 1.61. The molecular weight excluding hydrogens is 280 g/mol. The van der Waals surface area contributed by atoms with Gasteiger partial charge in [-0.1, -0.05) is 0 Å². The van der Waals surface area contributed by atoms with Gasteiger partial charge in [0.1, 0.15) is 11.6 Å². The summed E-state index contributed by atoms with van der Waals surface area (Å²) >= 11 is 0. The summed E-state index contributed by atoms with van der Waals surface area (Å²) in [6.45, 7) is 2.38. The standard InChI is InChI=1S/C14H19F2N3O2/c1-21-3-2-19-7-12(13(8-19)18-14(17)20)9-4-10(15)6-11(16)5-9/h4-6,12-13H,2-3,7-8H2,1H3,(H3,17,18,20)/t12-,13+/m0/s1. The molecule has 1 aromatic carbocycles. The van der Waals surface area contributed by atoms with Crippen molar-refractivity contribution < 1.29 is 18.3 Å². The summed E-state index contributed by atoms with van der Waals surface area (Å²) in [5.74, 6) is -1.46. The van der Waals surface area contributed by atoms with Gasteiger partial charge in [-0.05, 0) is 17.7 Å². The van der Waals surface area contributed by atoms with E-state index < -0.39 is 17.7 Å². The second-order valence-corrected chi connectivity index (χ2v) is 5.18. The lowest BCUT2D eigenvalue weighted by Crippen LogP contribution is -2.42. The van der Waals surface area contributed by atoms with Crippen LogP contribution in [0.15, 0.2) is 18.2 Å². The zero-order valence-corrected chi connectivity index (χ0v) is 11.8. The van der Waals surface area contributed by atoms with Crippen LogP contribution >= 0.6 is 0 Å². The topological polar surface area (TPSA) is 67.6 Å². The minimum absolute atomic E-state index is 0.209.